The van der Waals surface area contributed by atoms with Crippen LogP contribution in [-0.4, -0.2) is 50.2 Å². The van der Waals surface area contributed by atoms with Gasteiger partial charge in [0.15, 0.2) is 0 Å². The topological polar surface area (TPSA) is 119 Å². The number of aromatic nitrogens is 1. The van der Waals surface area contributed by atoms with E-state index in [-0.39, 0.29) is 35.8 Å². The fraction of sp³-hybridized carbons (Fsp3) is 0.316. The number of hydrazine groups is 1. The predicted octanol–water partition coefficient (Wildman–Crippen LogP) is 2.17. The summed E-state index contributed by atoms with van der Waals surface area (Å²) in [5.74, 6) is -1.52. The van der Waals surface area contributed by atoms with E-state index in [4.69, 9.17) is 25.8 Å². The van der Waals surface area contributed by atoms with E-state index in [1.54, 1.807) is 13.8 Å². The van der Waals surface area contributed by atoms with Crippen LogP contribution in [0, 0.1) is 13.8 Å². The number of carbonyl (C=O) groups is 3. The molecule has 0 fully saturated rings. The summed E-state index contributed by atoms with van der Waals surface area (Å²) in [6.07, 6.45) is 0. The van der Waals surface area contributed by atoms with E-state index < -0.39 is 17.8 Å². The normalized spacial score (nSPS) is 10.4. The SMILES string of the molecule is COCCOC(=O)c1c(C)[nH]c(C(=O)NNC(=O)c2ccc(Cl)cc2OC)c1C. The summed E-state index contributed by atoms with van der Waals surface area (Å²) in [6.45, 7) is 3.62. The van der Waals surface area contributed by atoms with Crippen LogP contribution in [0.15, 0.2) is 18.2 Å². The maximum absolute atomic E-state index is 12.5. The third-order valence-corrected chi connectivity index (χ3v) is 4.32. The summed E-state index contributed by atoms with van der Waals surface area (Å²) in [5.41, 5.74) is 6.07. The molecule has 0 radical (unpaired) electrons. The molecule has 3 N–H and O–H groups in total. The van der Waals surface area contributed by atoms with Gasteiger partial charge in [0, 0.05) is 17.8 Å². The molecule has 0 aliphatic carbocycles. The van der Waals surface area contributed by atoms with Crippen LogP contribution in [-0.2, 0) is 9.47 Å². The van der Waals surface area contributed by atoms with E-state index in [2.05, 4.69) is 15.8 Å². The Hall–Kier alpha value is -3.04. The van der Waals surface area contributed by atoms with Crippen LogP contribution in [0.5, 0.6) is 5.75 Å². The number of ether oxygens (including phenoxy) is 3. The van der Waals surface area contributed by atoms with Crippen molar-refractivity contribution < 1.29 is 28.6 Å². The lowest BCUT2D eigenvalue weighted by molar-refractivity contribution is 0.0386. The van der Waals surface area contributed by atoms with Gasteiger partial charge in [-0.2, -0.15) is 0 Å². The van der Waals surface area contributed by atoms with Gasteiger partial charge in [0.25, 0.3) is 11.8 Å². The first-order valence-electron chi connectivity index (χ1n) is 8.59. The van der Waals surface area contributed by atoms with Crippen molar-refractivity contribution in [3.63, 3.8) is 0 Å². The fourth-order valence-electron chi connectivity index (χ4n) is 2.67. The first kappa shape index (κ1) is 22.3. The second-order valence-corrected chi connectivity index (χ2v) is 6.44. The standard InChI is InChI=1S/C19H22ClN3O6/c1-10-15(19(26)29-8-7-27-3)11(2)21-16(10)18(25)23-22-17(24)13-6-5-12(20)9-14(13)28-4/h5-6,9,21H,7-8H2,1-4H3,(H,22,24)(H,23,25). The van der Waals surface area contributed by atoms with Crippen molar-refractivity contribution in [2.45, 2.75) is 13.8 Å². The number of hydrogen-bond acceptors (Lipinski definition) is 6. The molecule has 2 amide bonds. The molecule has 156 valence electrons. The zero-order chi connectivity index (χ0) is 21.6. The minimum Gasteiger partial charge on any atom is -0.496 e. The Kier molecular flexibility index (Phi) is 7.63. The van der Waals surface area contributed by atoms with Crippen LogP contribution in [0.4, 0.5) is 0 Å². The molecular formula is C19H22ClN3O6. The maximum atomic E-state index is 12.5. The summed E-state index contributed by atoms with van der Waals surface area (Å²) in [7, 11) is 2.90. The van der Waals surface area contributed by atoms with Crippen LogP contribution in [0.25, 0.3) is 0 Å². The molecule has 1 heterocycles. The average molecular weight is 424 g/mol. The highest BCUT2D eigenvalue weighted by Gasteiger charge is 2.23. The Bertz CT molecular complexity index is 925. The quantitative estimate of drug-likeness (QED) is 0.357. The molecule has 9 nitrogen and oxygen atoms in total. The zero-order valence-corrected chi connectivity index (χ0v) is 17.2. The average Bonchev–Trinajstić information content (AvgIpc) is 3.00. The molecule has 0 bridgehead atoms. The van der Waals surface area contributed by atoms with Gasteiger partial charge in [-0.3, -0.25) is 20.4 Å². The highest BCUT2D eigenvalue weighted by Crippen LogP contribution is 2.23. The van der Waals surface area contributed by atoms with E-state index >= 15 is 0 Å². The summed E-state index contributed by atoms with van der Waals surface area (Å²) in [5, 5.41) is 0.407. The number of methoxy groups -OCH3 is 2. The maximum Gasteiger partial charge on any atom is 0.340 e. The highest BCUT2D eigenvalue weighted by molar-refractivity contribution is 6.30. The number of aromatic amines is 1. The van der Waals surface area contributed by atoms with Crippen LogP contribution in [0.1, 0.15) is 42.5 Å². The van der Waals surface area contributed by atoms with Crippen LogP contribution < -0.4 is 15.6 Å². The molecule has 2 aromatic rings. The van der Waals surface area contributed by atoms with E-state index in [1.165, 1.54) is 32.4 Å². The van der Waals surface area contributed by atoms with Crippen molar-refractivity contribution in [2.24, 2.45) is 0 Å². The monoisotopic (exact) mass is 423 g/mol. The molecule has 0 aliphatic heterocycles. The van der Waals surface area contributed by atoms with Gasteiger partial charge >= 0.3 is 5.97 Å². The van der Waals surface area contributed by atoms with Crippen molar-refractivity contribution >= 4 is 29.4 Å². The third-order valence-electron chi connectivity index (χ3n) is 4.09. The molecule has 0 saturated carbocycles. The molecule has 0 saturated heterocycles. The Balaban J connectivity index is 2.09. The van der Waals surface area contributed by atoms with E-state index in [0.29, 0.717) is 16.3 Å². The number of amides is 2. The van der Waals surface area contributed by atoms with Crippen molar-refractivity contribution in [1.82, 2.24) is 15.8 Å². The van der Waals surface area contributed by atoms with Gasteiger partial charge in [-0.1, -0.05) is 11.6 Å². The molecule has 10 heteroatoms. The van der Waals surface area contributed by atoms with Crippen molar-refractivity contribution in [3.05, 3.63) is 51.3 Å². The molecule has 0 aliphatic rings. The summed E-state index contributed by atoms with van der Waals surface area (Å²) < 4.78 is 15.1. The minimum atomic E-state index is -0.622. The van der Waals surface area contributed by atoms with Crippen molar-refractivity contribution in [1.29, 1.82) is 0 Å². The van der Waals surface area contributed by atoms with Crippen molar-refractivity contribution in [3.8, 4) is 5.75 Å². The number of carbonyl (C=O) groups excluding carboxylic acids is 3. The van der Waals surface area contributed by atoms with Crippen LogP contribution in [0.2, 0.25) is 5.02 Å². The first-order chi connectivity index (χ1) is 13.8. The van der Waals surface area contributed by atoms with E-state index in [0.717, 1.165) is 0 Å². The number of hydrogen-bond donors (Lipinski definition) is 3. The zero-order valence-electron chi connectivity index (χ0n) is 16.5. The number of esters is 1. The van der Waals surface area contributed by atoms with Gasteiger partial charge < -0.3 is 19.2 Å². The third kappa shape index (κ3) is 5.27. The van der Waals surface area contributed by atoms with Crippen LogP contribution >= 0.6 is 11.6 Å². The molecule has 29 heavy (non-hydrogen) atoms. The second-order valence-electron chi connectivity index (χ2n) is 6.01. The number of halogens is 1. The van der Waals surface area contributed by atoms with Gasteiger partial charge in [-0.15, -0.1) is 0 Å². The Morgan fingerprint density at radius 2 is 1.76 bits per heavy atom. The van der Waals surface area contributed by atoms with Gasteiger partial charge in [0.1, 0.15) is 18.1 Å². The van der Waals surface area contributed by atoms with E-state index in [1.807, 2.05) is 0 Å². The smallest absolute Gasteiger partial charge is 0.340 e. The molecule has 0 unspecified atom stereocenters. The van der Waals surface area contributed by atoms with Gasteiger partial charge in [0.05, 0.1) is 24.8 Å². The van der Waals surface area contributed by atoms with E-state index in [9.17, 15) is 14.4 Å². The lowest BCUT2D eigenvalue weighted by Crippen LogP contribution is -2.42. The summed E-state index contributed by atoms with van der Waals surface area (Å²) in [6, 6.07) is 4.49. The fourth-order valence-corrected chi connectivity index (χ4v) is 2.83. The molecule has 2 rings (SSSR count). The lowest BCUT2D eigenvalue weighted by atomic mass is 10.1. The van der Waals surface area contributed by atoms with Crippen molar-refractivity contribution in [2.75, 3.05) is 27.4 Å². The molecule has 1 aromatic carbocycles. The Morgan fingerprint density at radius 3 is 2.41 bits per heavy atom. The van der Waals surface area contributed by atoms with Gasteiger partial charge in [-0.05, 0) is 37.6 Å². The van der Waals surface area contributed by atoms with Crippen LogP contribution in [0.3, 0.4) is 0 Å². The first-order valence-corrected chi connectivity index (χ1v) is 8.97. The highest BCUT2D eigenvalue weighted by atomic mass is 35.5. The Morgan fingerprint density at radius 1 is 1.07 bits per heavy atom. The van der Waals surface area contributed by atoms with Gasteiger partial charge in [-0.25, -0.2) is 4.79 Å². The van der Waals surface area contributed by atoms with Gasteiger partial charge in [0.2, 0.25) is 0 Å². The number of rotatable bonds is 7. The molecular weight excluding hydrogens is 402 g/mol. The molecule has 1 aromatic heterocycles. The second kappa shape index (κ2) is 9.94. The lowest BCUT2D eigenvalue weighted by Gasteiger charge is -2.10. The Labute approximate surface area is 172 Å². The number of nitrogens with one attached hydrogen (secondary N) is 3. The largest absolute Gasteiger partial charge is 0.496 e. The number of H-pyrrole nitrogens is 1. The summed E-state index contributed by atoms with van der Waals surface area (Å²) in [4.78, 5) is 39.9. The number of aryl methyl sites for hydroxylation is 1. The minimum absolute atomic E-state index is 0.0971. The number of benzene rings is 1. The molecule has 0 atom stereocenters. The predicted molar refractivity (Wildman–Crippen MR) is 105 cm³/mol. The molecule has 0 spiro atoms. The summed E-state index contributed by atoms with van der Waals surface area (Å²) >= 11 is 5.88.